The normalized spacial score (nSPS) is 10.6. The first-order chi connectivity index (χ1) is 10.6. The highest BCUT2D eigenvalue weighted by atomic mass is 79.9. The molecule has 0 fully saturated rings. The number of rotatable bonds is 3. The Hall–Kier alpha value is -2.40. The van der Waals surface area contributed by atoms with Crippen LogP contribution in [0.3, 0.4) is 0 Å². The Kier molecular flexibility index (Phi) is 3.81. The second-order valence-corrected chi connectivity index (χ2v) is 5.88. The van der Waals surface area contributed by atoms with Gasteiger partial charge in [0.2, 0.25) is 0 Å². The van der Waals surface area contributed by atoms with Crippen LogP contribution in [0.5, 0.6) is 0 Å². The number of Topliss-reactive ketones (excluding diaryl/α,β-unsaturated/α-hetero) is 1. The average molecular weight is 357 g/mol. The van der Waals surface area contributed by atoms with Crippen molar-refractivity contribution < 1.29 is 9.59 Å². The number of nitrogens with one attached hydrogen (secondary N) is 2. The second-order valence-electron chi connectivity index (χ2n) is 4.96. The van der Waals surface area contributed by atoms with Gasteiger partial charge in [0.25, 0.3) is 11.7 Å². The average Bonchev–Trinajstić information content (AvgIpc) is 2.82. The molecule has 3 aromatic rings. The molecule has 0 radical (unpaired) electrons. The fraction of sp³-hybridized carbons (Fsp3) is 0.0588. The third-order valence-corrected chi connectivity index (χ3v) is 3.90. The molecule has 1 aromatic heterocycles. The fourth-order valence-electron chi connectivity index (χ4n) is 2.44. The molecular weight excluding hydrogens is 344 g/mol. The summed E-state index contributed by atoms with van der Waals surface area (Å²) in [6.07, 6.45) is 0. The van der Waals surface area contributed by atoms with Crippen molar-refractivity contribution in [3.05, 3.63) is 64.3 Å². The summed E-state index contributed by atoms with van der Waals surface area (Å²) in [5.74, 6) is -1.19. The molecular formula is C17H13BrN2O2. The van der Waals surface area contributed by atoms with Gasteiger partial charge < -0.3 is 10.3 Å². The van der Waals surface area contributed by atoms with Crippen molar-refractivity contribution in [1.82, 2.24) is 4.98 Å². The second kappa shape index (κ2) is 5.77. The van der Waals surface area contributed by atoms with Gasteiger partial charge in [-0.05, 0) is 31.2 Å². The van der Waals surface area contributed by atoms with Gasteiger partial charge in [0, 0.05) is 26.8 Å². The molecule has 0 spiro atoms. The van der Waals surface area contributed by atoms with E-state index in [0.29, 0.717) is 16.9 Å². The molecule has 4 nitrogen and oxygen atoms in total. The SMILES string of the molecule is Cc1[nH]c2ccccc2c1C(=O)C(=O)Nc1cccc(Br)c1. The van der Waals surface area contributed by atoms with E-state index in [2.05, 4.69) is 26.2 Å². The van der Waals surface area contributed by atoms with Gasteiger partial charge in [-0.15, -0.1) is 0 Å². The lowest BCUT2D eigenvalue weighted by atomic mass is 10.1. The number of carbonyl (C=O) groups excluding carboxylic acids is 2. The first-order valence-electron chi connectivity index (χ1n) is 6.75. The minimum Gasteiger partial charge on any atom is -0.358 e. The van der Waals surface area contributed by atoms with Gasteiger partial charge >= 0.3 is 0 Å². The van der Waals surface area contributed by atoms with Gasteiger partial charge in [-0.1, -0.05) is 40.2 Å². The maximum atomic E-state index is 12.5. The lowest BCUT2D eigenvalue weighted by Crippen LogP contribution is -2.23. The molecule has 22 heavy (non-hydrogen) atoms. The van der Waals surface area contributed by atoms with E-state index in [1.807, 2.05) is 30.3 Å². The molecule has 0 aliphatic carbocycles. The molecule has 0 atom stereocenters. The molecule has 2 aromatic carbocycles. The van der Waals surface area contributed by atoms with Crippen molar-refractivity contribution in [2.24, 2.45) is 0 Å². The summed E-state index contributed by atoms with van der Waals surface area (Å²) in [7, 11) is 0. The Balaban J connectivity index is 1.92. The Bertz CT molecular complexity index is 883. The first-order valence-corrected chi connectivity index (χ1v) is 7.54. The largest absolute Gasteiger partial charge is 0.358 e. The van der Waals surface area contributed by atoms with Crippen LogP contribution in [0, 0.1) is 6.92 Å². The number of benzene rings is 2. The van der Waals surface area contributed by atoms with E-state index < -0.39 is 11.7 Å². The number of carbonyl (C=O) groups is 2. The molecule has 110 valence electrons. The van der Waals surface area contributed by atoms with Crippen LogP contribution in [0.15, 0.2) is 53.0 Å². The fourth-order valence-corrected chi connectivity index (χ4v) is 2.84. The number of H-pyrrole nitrogens is 1. The van der Waals surface area contributed by atoms with E-state index in [1.165, 1.54) is 0 Å². The smallest absolute Gasteiger partial charge is 0.296 e. The number of aromatic amines is 1. The number of aryl methyl sites for hydroxylation is 1. The predicted octanol–water partition coefficient (Wildman–Crippen LogP) is 4.06. The summed E-state index contributed by atoms with van der Waals surface area (Å²) in [6, 6.07) is 14.6. The summed E-state index contributed by atoms with van der Waals surface area (Å²) in [4.78, 5) is 27.8. The van der Waals surface area contributed by atoms with Gasteiger partial charge in [0.05, 0.1) is 5.56 Å². The molecule has 1 heterocycles. The first kappa shape index (κ1) is 14.5. The molecule has 0 saturated carbocycles. The zero-order chi connectivity index (χ0) is 15.7. The van der Waals surface area contributed by atoms with E-state index in [4.69, 9.17) is 0 Å². The molecule has 2 N–H and O–H groups in total. The highest BCUT2D eigenvalue weighted by molar-refractivity contribution is 9.10. The van der Waals surface area contributed by atoms with Crippen molar-refractivity contribution in [2.75, 3.05) is 5.32 Å². The maximum absolute atomic E-state index is 12.5. The number of para-hydroxylation sites is 1. The predicted molar refractivity (Wildman–Crippen MR) is 90.1 cm³/mol. The van der Waals surface area contributed by atoms with Crippen LogP contribution in [0.25, 0.3) is 10.9 Å². The summed E-state index contributed by atoms with van der Waals surface area (Å²) < 4.78 is 0.834. The van der Waals surface area contributed by atoms with Gasteiger partial charge in [-0.2, -0.15) is 0 Å². The molecule has 0 saturated heterocycles. The Morgan fingerprint density at radius 3 is 2.64 bits per heavy atom. The van der Waals surface area contributed by atoms with E-state index in [1.54, 1.807) is 25.1 Å². The number of amides is 1. The standard InChI is InChI=1S/C17H13BrN2O2/c1-10-15(13-7-2-3-8-14(13)19-10)16(21)17(22)20-12-6-4-5-11(18)9-12/h2-9,19H,1H3,(H,20,22). The summed E-state index contributed by atoms with van der Waals surface area (Å²) in [5.41, 5.74) is 2.53. The van der Waals surface area contributed by atoms with Crippen LogP contribution < -0.4 is 5.32 Å². The van der Waals surface area contributed by atoms with Crippen LogP contribution in [-0.2, 0) is 4.79 Å². The van der Waals surface area contributed by atoms with E-state index >= 15 is 0 Å². The molecule has 0 unspecified atom stereocenters. The quantitative estimate of drug-likeness (QED) is 0.549. The van der Waals surface area contributed by atoms with Crippen LogP contribution in [0.2, 0.25) is 0 Å². The van der Waals surface area contributed by atoms with Crippen molar-refractivity contribution in [3.63, 3.8) is 0 Å². The van der Waals surface area contributed by atoms with E-state index in [9.17, 15) is 9.59 Å². The van der Waals surface area contributed by atoms with E-state index in [0.717, 1.165) is 15.4 Å². The Labute approximate surface area is 135 Å². The molecule has 3 rings (SSSR count). The number of hydrogen-bond acceptors (Lipinski definition) is 2. The van der Waals surface area contributed by atoms with Crippen molar-refractivity contribution in [3.8, 4) is 0 Å². The highest BCUT2D eigenvalue weighted by Gasteiger charge is 2.22. The van der Waals surface area contributed by atoms with Crippen LogP contribution >= 0.6 is 15.9 Å². The van der Waals surface area contributed by atoms with Crippen molar-refractivity contribution in [2.45, 2.75) is 6.92 Å². The molecule has 5 heteroatoms. The Morgan fingerprint density at radius 2 is 1.86 bits per heavy atom. The summed E-state index contributed by atoms with van der Waals surface area (Å²) in [5, 5.41) is 3.39. The van der Waals surface area contributed by atoms with Crippen molar-refractivity contribution in [1.29, 1.82) is 0 Å². The zero-order valence-electron chi connectivity index (χ0n) is 11.8. The number of halogens is 1. The van der Waals surface area contributed by atoms with Crippen LogP contribution in [0.4, 0.5) is 5.69 Å². The summed E-state index contributed by atoms with van der Waals surface area (Å²) >= 11 is 3.33. The number of aromatic nitrogens is 1. The third kappa shape index (κ3) is 2.67. The lowest BCUT2D eigenvalue weighted by molar-refractivity contribution is -0.112. The Morgan fingerprint density at radius 1 is 1.09 bits per heavy atom. The lowest BCUT2D eigenvalue weighted by Gasteiger charge is -2.05. The van der Waals surface area contributed by atoms with Crippen LogP contribution in [0.1, 0.15) is 16.1 Å². The van der Waals surface area contributed by atoms with Gasteiger partial charge in [-0.25, -0.2) is 0 Å². The van der Waals surface area contributed by atoms with Crippen molar-refractivity contribution >= 4 is 44.2 Å². The monoisotopic (exact) mass is 356 g/mol. The zero-order valence-corrected chi connectivity index (χ0v) is 13.4. The van der Waals surface area contributed by atoms with E-state index in [-0.39, 0.29) is 0 Å². The third-order valence-electron chi connectivity index (χ3n) is 3.41. The minimum absolute atomic E-state index is 0.420. The number of ketones is 1. The number of fused-ring (bicyclic) bond motifs is 1. The van der Waals surface area contributed by atoms with Gasteiger partial charge in [0.1, 0.15) is 0 Å². The number of anilines is 1. The van der Waals surface area contributed by atoms with Gasteiger partial charge in [-0.3, -0.25) is 9.59 Å². The molecule has 0 aliphatic rings. The molecule has 0 aliphatic heterocycles. The number of hydrogen-bond donors (Lipinski definition) is 2. The van der Waals surface area contributed by atoms with Gasteiger partial charge in [0.15, 0.2) is 0 Å². The molecule has 1 amide bonds. The minimum atomic E-state index is -0.647. The summed E-state index contributed by atoms with van der Waals surface area (Å²) in [6.45, 7) is 1.79. The topological polar surface area (TPSA) is 62.0 Å². The maximum Gasteiger partial charge on any atom is 0.296 e. The van der Waals surface area contributed by atoms with Crippen LogP contribution in [-0.4, -0.2) is 16.7 Å². The highest BCUT2D eigenvalue weighted by Crippen LogP contribution is 2.23. The molecule has 0 bridgehead atoms.